The molecule has 1 aromatic rings. The van der Waals surface area contributed by atoms with Crippen LogP contribution in [0.15, 0.2) is 18.2 Å². The van der Waals surface area contributed by atoms with Crippen LogP contribution in [-0.2, 0) is 14.3 Å². The Morgan fingerprint density at radius 3 is 2.50 bits per heavy atom. The third kappa shape index (κ3) is 4.67. The summed E-state index contributed by atoms with van der Waals surface area (Å²) in [6, 6.07) is 4.63. The summed E-state index contributed by atoms with van der Waals surface area (Å²) in [6.07, 6.45) is 2.28. The Labute approximate surface area is 189 Å². The van der Waals surface area contributed by atoms with Gasteiger partial charge in [0.15, 0.2) is 0 Å². The third-order valence-electron chi connectivity index (χ3n) is 6.60. The van der Waals surface area contributed by atoms with Gasteiger partial charge in [0, 0.05) is 46.5 Å². The highest BCUT2D eigenvalue weighted by atomic mass is 16.5. The van der Waals surface area contributed by atoms with E-state index >= 15 is 0 Å². The lowest BCUT2D eigenvalue weighted by molar-refractivity contribution is -0.139. The minimum atomic E-state index is -0.593. The van der Waals surface area contributed by atoms with E-state index in [4.69, 9.17) is 14.2 Å². The number of piperidine rings is 1. The van der Waals surface area contributed by atoms with Crippen LogP contribution in [0, 0.1) is 5.41 Å². The van der Waals surface area contributed by atoms with Crippen molar-refractivity contribution < 1.29 is 28.6 Å². The van der Waals surface area contributed by atoms with E-state index in [2.05, 4.69) is 5.32 Å². The normalized spacial score (nSPS) is 19.9. The Morgan fingerprint density at radius 2 is 1.88 bits per heavy atom. The summed E-state index contributed by atoms with van der Waals surface area (Å²) >= 11 is 0. The van der Waals surface area contributed by atoms with Crippen molar-refractivity contribution in [2.24, 2.45) is 5.41 Å². The molecule has 32 heavy (non-hydrogen) atoms. The van der Waals surface area contributed by atoms with Crippen molar-refractivity contribution in [2.75, 3.05) is 54.6 Å². The van der Waals surface area contributed by atoms with Crippen molar-refractivity contribution in [3.8, 4) is 11.5 Å². The Balaban J connectivity index is 1.63. The van der Waals surface area contributed by atoms with Crippen molar-refractivity contribution >= 4 is 17.7 Å². The van der Waals surface area contributed by atoms with E-state index < -0.39 is 11.5 Å². The zero-order chi connectivity index (χ0) is 23.3. The van der Waals surface area contributed by atoms with Crippen molar-refractivity contribution in [3.63, 3.8) is 0 Å². The fourth-order valence-electron chi connectivity index (χ4n) is 4.63. The molecule has 0 saturated carbocycles. The van der Waals surface area contributed by atoms with Gasteiger partial charge in [0.05, 0.1) is 25.2 Å². The summed E-state index contributed by atoms with van der Waals surface area (Å²) in [5, 5.41) is 2.90. The molecule has 1 unspecified atom stereocenters. The molecule has 0 aliphatic carbocycles. The average molecular weight is 448 g/mol. The first-order valence-corrected chi connectivity index (χ1v) is 10.9. The van der Waals surface area contributed by atoms with E-state index in [0.717, 1.165) is 6.42 Å². The lowest BCUT2D eigenvalue weighted by Gasteiger charge is -2.37. The minimum Gasteiger partial charge on any atom is -0.497 e. The van der Waals surface area contributed by atoms with Crippen LogP contribution in [0.2, 0.25) is 0 Å². The molecule has 0 radical (unpaired) electrons. The van der Waals surface area contributed by atoms with E-state index in [9.17, 15) is 14.4 Å². The Kier molecular flexibility index (Phi) is 7.60. The van der Waals surface area contributed by atoms with Gasteiger partial charge in [-0.05, 0) is 37.8 Å². The van der Waals surface area contributed by atoms with Crippen LogP contribution in [0.1, 0.15) is 36.0 Å². The van der Waals surface area contributed by atoms with Gasteiger partial charge in [0.1, 0.15) is 17.5 Å². The monoisotopic (exact) mass is 447 g/mol. The average Bonchev–Trinajstić information content (AvgIpc) is 3.06. The number of hydrogen-bond donors (Lipinski definition) is 1. The lowest BCUT2D eigenvalue weighted by Crippen LogP contribution is -2.46. The molecule has 1 N–H and O–H groups in total. The molecule has 176 valence electrons. The van der Waals surface area contributed by atoms with Crippen molar-refractivity contribution in [1.82, 2.24) is 15.1 Å². The molecule has 3 amide bonds. The molecule has 0 bridgehead atoms. The fourth-order valence-corrected chi connectivity index (χ4v) is 4.63. The molecule has 1 spiro atoms. The Bertz CT molecular complexity index is 850. The molecule has 3 rings (SSSR count). The Morgan fingerprint density at radius 1 is 1.16 bits per heavy atom. The maximum Gasteiger partial charge on any atom is 0.257 e. The smallest absolute Gasteiger partial charge is 0.257 e. The summed E-state index contributed by atoms with van der Waals surface area (Å²) in [5.41, 5.74) is -0.128. The standard InChI is InChI=1S/C23H33N3O6/c1-25-18(20(27)24-10-5-13-30-2)15-23(22(25)29)8-11-26(12-9-23)21(28)17-7-6-16(31-3)14-19(17)32-4/h6-7,14,18H,5,8-13,15H2,1-4H3,(H,24,27). The highest BCUT2D eigenvalue weighted by Crippen LogP contribution is 2.44. The van der Waals surface area contributed by atoms with Crippen LogP contribution >= 0.6 is 0 Å². The maximum absolute atomic E-state index is 13.1. The molecule has 2 fully saturated rings. The Hall–Kier alpha value is -2.81. The highest BCUT2D eigenvalue weighted by molar-refractivity contribution is 5.98. The van der Waals surface area contributed by atoms with E-state index in [-0.39, 0.29) is 17.7 Å². The second-order valence-corrected chi connectivity index (χ2v) is 8.41. The van der Waals surface area contributed by atoms with E-state index in [0.29, 0.717) is 62.6 Å². The number of amides is 3. The molecular weight excluding hydrogens is 414 g/mol. The van der Waals surface area contributed by atoms with E-state index in [1.165, 1.54) is 7.11 Å². The molecule has 2 aliphatic heterocycles. The number of ether oxygens (including phenoxy) is 3. The first-order chi connectivity index (χ1) is 15.4. The van der Waals surface area contributed by atoms with Crippen molar-refractivity contribution in [1.29, 1.82) is 0 Å². The number of likely N-dealkylation sites (tertiary alicyclic amines) is 2. The van der Waals surface area contributed by atoms with E-state index in [1.54, 1.807) is 49.3 Å². The van der Waals surface area contributed by atoms with Gasteiger partial charge in [0.25, 0.3) is 5.91 Å². The fraction of sp³-hybridized carbons (Fsp3) is 0.609. The summed E-state index contributed by atoms with van der Waals surface area (Å²) in [7, 11) is 6.39. The number of methoxy groups -OCH3 is 3. The topological polar surface area (TPSA) is 97.4 Å². The van der Waals surface area contributed by atoms with Crippen LogP contribution in [-0.4, -0.2) is 88.2 Å². The molecule has 9 heteroatoms. The molecule has 1 atom stereocenters. The molecular formula is C23H33N3O6. The largest absolute Gasteiger partial charge is 0.497 e. The predicted octanol–water partition coefficient (Wildman–Crippen LogP) is 1.31. The maximum atomic E-state index is 13.1. The van der Waals surface area contributed by atoms with Crippen LogP contribution < -0.4 is 14.8 Å². The summed E-state index contributed by atoms with van der Waals surface area (Å²) < 4.78 is 15.6. The van der Waals surface area contributed by atoms with Crippen molar-refractivity contribution in [2.45, 2.75) is 31.7 Å². The number of hydrogen-bond acceptors (Lipinski definition) is 6. The quantitative estimate of drug-likeness (QED) is 0.604. The summed E-state index contributed by atoms with van der Waals surface area (Å²) in [4.78, 5) is 42.1. The predicted molar refractivity (Wildman–Crippen MR) is 118 cm³/mol. The molecule has 0 aromatic heterocycles. The van der Waals surface area contributed by atoms with Gasteiger partial charge in [-0.3, -0.25) is 14.4 Å². The zero-order valence-corrected chi connectivity index (χ0v) is 19.3. The molecule has 2 saturated heterocycles. The number of carbonyl (C=O) groups excluding carboxylic acids is 3. The van der Waals surface area contributed by atoms with Gasteiger partial charge < -0.3 is 29.3 Å². The first kappa shape index (κ1) is 23.8. The third-order valence-corrected chi connectivity index (χ3v) is 6.60. The second kappa shape index (κ2) is 10.2. The molecule has 1 aromatic carbocycles. The van der Waals surface area contributed by atoms with Gasteiger partial charge >= 0.3 is 0 Å². The van der Waals surface area contributed by atoms with Crippen LogP contribution in [0.4, 0.5) is 0 Å². The second-order valence-electron chi connectivity index (χ2n) is 8.41. The minimum absolute atomic E-state index is 0.0105. The zero-order valence-electron chi connectivity index (χ0n) is 19.3. The number of likely N-dealkylation sites (N-methyl/N-ethyl adjacent to an activating group) is 1. The number of carbonyl (C=O) groups is 3. The van der Waals surface area contributed by atoms with Gasteiger partial charge in [0.2, 0.25) is 11.8 Å². The first-order valence-electron chi connectivity index (χ1n) is 10.9. The highest BCUT2D eigenvalue weighted by Gasteiger charge is 2.53. The lowest BCUT2D eigenvalue weighted by atomic mass is 9.75. The SMILES string of the molecule is COCCCNC(=O)C1CC2(CCN(C(=O)c3ccc(OC)cc3OC)CC2)C(=O)N1C. The van der Waals surface area contributed by atoms with Gasteiger partial charge in [-0.1, -0.05) is 0 Å². The van der Waals surface area contributed by atoms with Gasteiger partial charge in [-0.15, -0.1) is 0 Å². The van der Waals surface area contributed by atoms with Crippen LogP contribution in [0.25, 0.3) is 0 Å². The van der Waals surface area contributed by atoms with Gasteiger partial charge in [-0.25, -0.2) is 0 Å². The number of nitrogens with zero attached hydrogens (tertiary/aromatic N) is 2. The summed E-state index contributed by atoms with van der Waals surface area (Å²) in [6.45, 7) is 2.00. The van der Waals surface area contributed by atoms with Crippen molar-refractivity contribution in [3.05, 3.63) is 23.8 Å². The summed E-state index contributed by atoms with van der Waals surface area (Å²) in [5.74, 6) is 0.795. The van der Waals surface area contributed by atoms with E-state index in [1.807, 2.05) is 0 Å². The van der Waals surface area contributed by atoms with Crippen LogP contribution in [0.5, 0.6) is 11.5 Å². The number of rotatable bonds is 8. The molecule has 2 heterocycles. The molecule has 2 aliphatic rings. The molecule has 9 nitrogen and oxygen atoms in total. The number of nitrogens with one attached hydrogen (secondary N) is 1. The van der Waals surface area contributed by atoms with Gasteiger partial charge in [-0.2, -0.15) is 0 Å². The number of benzene rings is 1. The van der Waals surface area contributed by atoms with Crippen LogP contribution in [0.3, 0.4) is 0 Å².